The Bertz CT molecular complexity index is 994. The first-order valence-corrected chi connectivity index (χ1v) is 8.69. The van der Waals surface area contributed by atoms with E-state index in [-0.39, 0.29) is 17.9 Å². The summed E-state index contributed by atoms with van der Waals surface area (Å²) in [6.07, 6.45) is 3.26. The van der Waals surface area contributed by atoms with Gasteiger partial charge in [-0.2, -0.15) is 0 Å². The highest BCUT2D eigenvalue weighted by Gasteiger charge is 2.27. The molecule has 0 aliphatic carbocycles. The van der Waals surface area contributed by atoms with E-state index in [9.17, 15) is 9.59 Å². The van der Waals surface area contributed by atoms with Crippen LogP contribution >= 0.6 is 0 Å². The van der Waals surface area contributed by atoms with Crippen molar-refractivity contribution in [3.8, 4) is 0 Å². The number of aromatic nitrogens is 2. The van der Waals surface area contributed by atoms with Gasteiger partial charge in [-0.3, -0.25) is 14.6 Å². The Labute approximate surface area is 151 Å². The van der Waals surface area contributed by atoms with Gasteiger partial charge in [0.05, 0.1) is 11.9 Å². The number of carbonyl (C=O) groups is 2. The molecule has 2 atom stereocenters. The number of carbonyl (C=O) groups excluding carboxylic acids is 2. The lowest BCUT2D eigenvalue weighted by Crippen LogP contribution is -2.26. The molecular formula is C20H20N4O2. The smallest absolute Gasteiger partial charge is 0.267 e. The lowest BCUT2D eigenvalue weighted by atomic mass is 10.0. The minimum Gasteiger partial charge on any atom is -0.350 e. The maximum atomic E-state index is 12.6. The molecule has 0 radical (unpaired) electrons. The standard InChI is InChI=1S/C20H20N4O2/c1-12-10-22-20(26)18-8-14-5-6-15(9-17(14)24(18)13(12)2)19(25)23-16-4-3-7-21-11-16/h3-9,11-13H,10H2,1-2H3,(H,22,26)(H,23,25)/t12-,13+/m1/s1. The number of fused-ring (bicyclic) bond motifs is 3. The summed E-state index contributed by atoms with van der Waals surface area (Å²) in [7, 11) is 0. The van der Waals surface area contributed by atoms with E-state index in [1.165, 1.54) is 0 Å². The van der Waals surface area contributed by atoms with Gasteiger partial charge in [0.25, 0.3) is 11.8 Å². The van der Waals surface area contributed by atoms with Crippen LogP contribution in [-0.2, 0) is 0 Å². The molecule has 2 amide bonds. The van der Waals surface area contributed by atoms with Gasteiger partial charge < -0.3 is 15.2 Å². The number of benzene rings is 1. The Morgan fingerprint density at radius 1 is 1.27 bits per heavy atom. The highest BCUT2D eigenvalue weighted by atomic mass is 16.2. The summed E-state index contributed by atoms with van der Waals surface area (Å²) in [5.41, 5.74) is 2.73. The van der Waals surface area contributed by atoms with E-state index in [1.54, 1.807) is 30.6 Å². The lowest BCUT2D eigenvalue weighted by Gasteiger charge is -2.20. The summed E-state index contributed by atoms with van der Waals surface area (Å²) < 4.78 is 2.04. The second kappa shape index (κ2) is 6.29. The zero-order valence-corrected chi connectivity index (χ0v) is 14.7. The zero-order chi connectivity index (χ0) is 18.3. The van der Waals surface area contributed by atoms with Crippen molar-refractivity contribution >= 4 is 28.4 Å². The molecule has 0 fully saturated rings. The second-order valence-electron chi connectivity index (χ2n) is 6.80. The quantitative estimate of drug-likeness (QED) is 0.746. The van der Waals surface area contributed by atoms with Crippen LogP contribution in [0.15, 0.2) is 48.8 Å². The van der Waals surface area contributed by atoms with Crippen molar-refractivity contribution in [2.45, 2.75) is 19.9 Å². The molecule has 6 heteroatoms. The third kappa shape index (κ3) is 2.73. The summed E-state index contributed by atoms with van der Waals surface area (Å²) >= 11 is 0. The Morgan fingerprint density at radius 2 is 2.12 bits per heavy atom. The molecule has 1 aliphatic heterocycles. The molecule has 26 heavy (non-hydrogen) atoms. The number of amides is 2. The molecule has 3 heterocycles. The van der Waals surface area contributed by atoms with Gasteiger partial charge >= 0.3 is 0 Å². The monoisotopic (exact) mass is 348 g/mol. The number of hydrogen-bond acceptors (Lipinski definition) is 3. The van der Waals surface area contributed by atoms with Crippen LogP contribution in [0.25, 0.3) is 10.9 Å². The Hall–Kier alpha value is -3.15. The number of rotatable bonds is 2. The first kappa shape index (κ1) is 16.3. The van der Waals surface area contributed by atoms with E-state index in [0.29, 0.717) is 29.4 Å². The average Bonchev–Trinajstić information content (AvgIpc) is 3.00. The first-order valence-electron chi connectivity index (χ1n) is 8.69. The molecule has 0 saturated carbocycles. The van der Waals surface area contributed by atoms with Crippen molar-refractivity contribution < 1.29 is 9.59 Å². The minimum atomic E-state index is -0.200. The van der Waals surface area contributed by atoms with Crippen LogP contribution in [-0.4, -0.2) is 27.9 Å². The van der Waals surface area contributed by atoms with Crippen LogP contribution in [0.5, 0.6) is 0 Å². The maximum absolute atomic E-state index is 12.6. The predicted molar refractivity (Wildman–Crippen MR) is 100 cm³/mol. The van der Waals surface area contributed by atoms with E-state index in [0.717, 1.165) is 10.9 Å². The fourth-order valence-electron chi connectivity index (χ4n) is 3.39. The van der Waals surface area contributed by atoms with E-state index < -0.39 is 0 Å². The highest BCUT2D eigenvalue weighted by molar-refractivity contribution is 6.07. The number of hydrogen-bond donors (Lipinski definition) is 2. The Morgan fingerprint density at radius 3 is 2.88 bits per heavy atom. The SMILES string of the molecule is C[C@@H]1CNC(=O)c2cc3ccc(C(=O)Nc4cccnc4)cc3n2[C@H]1C. The molecule has 4 rings (SSSR count). The van der Waals surface area contributed by atoms with Gasteiger partial charge in [-0.25, -0.2) is 0 Å². The number of nitrogens with zero attached hydrogens (tertiary/aromatic N) is 2. The summed E-state index contributed by atoms with van der Waals surface area (Å²) in [6.45, 7) is 4.87. The molecule has 0 spiro atoms. The summed E-state index contributed by atoms with van der Waals surface area (Å²) in [6, 6.07) is 11.1. The molecule has 3 aromatic rings. The van der Waals surface area contributed by atoms with Gasteiger partial charge in [0, 0.05) is 35.2 Å². The topological polar surface area (TPSA) is 76.0 Å². The lowest BCUT2D eigenvalue weighted by molar-refractivity contribution is 0.0948. The van der Waals surface area contributed by atoms with Crippen molar-refractivity contribution in [3.63, 3.8) is 0 Å². The van der Waals surface area contributed by atoms with Crippen LogP contribution in [0.3, 0.4) is 0 Å². The summed E-state index contributed by atoms with van der Waals surface area (Å²) in [4.78, 5) is 29.0. The molecule has 132 valence electrons. The van der Waals surface area contributed by atoms with Crippen molar-refractivity contribution in [1.29, 1.82) is 0 Å². The molecule has 1 aliphatic rings. The maximum Gasteiger partial charge on any atom is 0.267 e. The zero-order valence-electron chi connectivity index (χ0n) is 14.7. The van der Waals surface area contributed by atoms with E-state index in [1.807, 2.05) is 22.8 Å². The van der Waals surface area contributed by atoms with Crippen molar-refractivity contribution in [1.82, 2.24) is 14.9 Å². The number of anilines is 1. The third-order valence-electron chi connectivity index (χ3n) is 5.07. The predicted octanol–water partition coefficient (Wildman–Crippen LogP) is 3.23. The van der Waals surface area contributed by atoms with Crippen LogP contribution in [0, 0.1) is 5.92 Å². The van der Waals surface area contributed by atoms with Gasteiger partial charge in [-0.1, -0.05) is 13.0 Å². The van der Waals surface area contributed by atoms with Gasteiger partial charge in [-0.15, -0.1) is 0 Å². The van der Waals surface area contributed by atoms with E-state index >= 15 is 0 Å². The molecule has 0 bridgehead atoms. The van der Waals surface area contributed by atoms with Crippen LogP contribution in [0.2, 0.25) is 0 Å². The second-order valence-corrected chi connectivity index (χ2v) is 6.80. The molecule has 0 saturated heterocycles. The Balaban J connectivity index is 1.76. The molecular weight excluding hydrogens is 328 g/mol. The van der Waals surface area contributed by atoms with E-state index in [2.05, 4.69) is 29.5 Å². The first-order chi connectivity index (χ1) is 12.5. The van der Waals surface area contributed by atoms with Gasteiger partial charge in [0.2, 0.25) is 0 Å². The highest BCUT2D eigenvalue weighted by Crippen LogP contribution is 2.30. The van der Waals surface area contributed by atoms with E-state index in [4.69, 9.17) is 0 Å². The minimum absolute atomic E-state index is 0.0706. The number of pyridine rings is 1. The molecule has 2 aromatic heterocycles. The van der Waals surface area contributed by atoms with Gasteiger partial charge in [0.15, 0.2) is 0 Å². The molecule has 1 aromatic carbocycles. The van der Waals surface area contributed by atoms with Gasteiger partial charge in [-0.05, 0) is 43.2 Å². The molecule has 2 N–H and O–H groups in total. The van der Waals surface area contributed by atoms with Crippen LogP contribution < -0.4 is 10.6 Å². The normalized spacial score (nSPS) is 19.5. The molecule has 0 unspecified atom stereocenters. The molecule has 6 nitrogen and oxygen atoms in total. The summed E-state index contributed by atoms with van der Waals surface area (Å²) in [5.74, 6) is 0.0247. The largest absolute Gasteiger partial charge is 0.350 e. The Kier molecular flexibility index (Phi) is 3.95. The fourth-order valence-corrected chi connectivity index (χ4v) is 3.39. The third-order valence-corrected chi connectivity index (χ3v) is 5.07. The van der Waals surface area contributed by atoms with Crippen LogP contribution in [0.1, 0.15) is 40.7 Å². The van der Waals surface area contributed by atoms with Crippen molar-refractivity contribution in [2.24, 2.45) is 5.92 Å². The fraction of sp³-hybridized carbons (Fsp3) is 0.250. The van der Waals surface area contributed by atoms with Crippen LogP contribution in [0.4, 0.5) is 5.69 Å². The summed E-state index contributed by atoms with van der Waals surface area (Å²) in [5, 5.41) is 6.76. The van der Waals surface area contributed by atoms with Crippen molar-refractivity contribution in [2.75, 3.05) is 11.9 Å². The number of nitrogens with one attached hydrogen (secondary N) is 2. The van der Waals surface area contributed by atoms with Gasteiger partial charge in [0.1, 0.15) is 5.69 Å². The van der Waals surface area contributed by atoms with Crippen molar-refractivity contribution in [3.05, 3.63) is 60.0 Å². The average molecular weight is 348 g/mol.